The number of hydrogen-bond acceptors (Lipinski definition) is 8. The van der Waals surface area contributed by atoms with Gasteiger partial charge in [0.15, 0.2) is 11.6 Å². The van der Waals surface area contributed by atoms with Gasteiger partial charge in [-0.3, -0.25) is 4.79 Å². The van der Waals surface area contributed by atoms with Crippen molar-refractivity contribution >= 4 is 17.5 Å². The van der Waals surface area contributed by atoms with E-state index in [1.807, 2.05) is 11.8 Å². The van der Waals surface area contributed by atoms with Crippen molar-refractivity contribution in [3.8, 4) is 11.6 Å². The molecule has 1 amide bonds. The zero-order valence-electron chi connectivity index (χ0n) is 17.9. The maximum atomic E-state index is 14.5. The fraction of sp³-hybridized carbons (Fsp3) is 0.364. The van der Waals surface area contributed by atoms with E-state index in [1.54, 1.807) is 24.7 Å². The molecule has 1 unspecified atom stereocenters. The minimum Gasteiger partial charge on any atom is -0.352 e. The Hall–Kier alpha value is -3.69. The topological polar surface area (TPSA) is 100 Å². The van der Waals surface area contributed by atoms with Crippen molar-refractivity contribution in [2.24, 2.45) is 0 Å². The number of hydrogen-bond donors (Lipinski definition) is 1. The van der Waals surface area contributed by atoms with Crippen molar-refractivity contribution in [3.05, 3.63) is 53.9 Å². The van der Waals surface area contributed by atoms with Gasteiger partial charge in [0.05, 0.1) is 17.8 Å². The van der Waals surface area contributed by atoms with Crippen LogP contribution in [0.2, 0.25) is 0 Å². The van der Waals surface area contributed by atoms with Crippen LogP contribution in [-0.2, 0) is 11.2 Å². The maximum Gasteiger partial charge on any atom is 0.217 e. The Labute approximate surface area is 184 Å². The van der Waals surface area contributed by atoms with Gasteiger partial charge in [0.1, 0.15) is 17.5 Å². The largest absolute Gasteiger partial charge is 0.352 e. The van der Waals surface area contributed by atoms with Gasteiger partial charge < -0.3 is 15.1 Å². The van der Waals surface area contributed by atoms with Crippen LogP contribution in [0, 0.1) is 5.82 Å². The first-order chi connectivity index (χ1) is 15.5. The predicted molar refractivity (Wildman–Crippen MR) is 117 cm³/mol. The van der Waals surface area contributed by atoms with E-state index in [2.05, 4.69) is 30.2 Å². The van der Waals surface area contributed by atoms with Crippen LogP contribution in [0.3, 0.4) is 0 Å². The van der Waals surface area contributed by atoms with E-state index >= 15 is 0 Å². The van der Waals surface area contributed by atoms with Gasteiger partial charge in [-0.1, -0.05) is 0 Å². The quantitative estimate of drug-likeness (QED) is 0.665. The molecule has 0 radical (unpaired) electrons. The Kier molecular flexibility index (Phi) is 5.12. The fourth-order valence-electron chi connectivity index (χ4n) is 4.22. The second-order valence-corrected chi connectivity index (χ2v) is 8.09. The molecule has 9 nitrogen and oxygen atoms in total. The predicted octanol–water partition coefficient (Wildman–Crippen LogP) is 1.92. The van der Waals surface area contributed by atoms with Crippen LogP contribution in [0.1, 0.15) is 31.1 Å². The summed E-state index contributed by atoms with van der Waals surface area (Å²) in [6.45, 7) is 5.43. The molecule has 3 aromatic rings. The summed E-state index contributed by atoms with van der Waals surface area (Å²) in [5, 5.41) is 2.87. The number of fused-ring (bicyclic) bond motifs is 1. The maximum absolute atomic E-state index is 14.5. The lowest BCUT2D eigenvalue weighted by Crippen LogP contribution is -2.59. The Bertz CT molecular complexity index is 1150. The highest BCUT2D eigenvalue weighted by Crippen LogP contribution is 2.34. The Morgan fingerprint density at radius 1 is 1.09 bits per heavy atom. The average Bonchev–Trinajstić information content (AvgIpc) is 2.76. The molecule has 5 rings (SSSR count). The highest BCUT2D eigenvalue weighted by atomic mass is 19.1. The van der Waals surface area contributed by atoms with E-state index in [9.17, 15) is 9.18 Å². The number of halogens is 1. The molecule has 0 bridgehead atoms. The highest BCUT2D eigenvalue weighted by molar-refractivity contribution is 5.73. The number of pyridine rings is 1. The van der Waals surface area contributed by atoms with E-state index in [-0.39, 0.29) is 23.8 Å². The van der Waals surface area contributed by atoms with Crippen molar-refractivity contribution in [1.29, 1.82) is 0 Å². The standard InChI is InChI=1S/C22H23FN8O/c1-13-17-10-26-22(21-24-5-3-6-25-21)28-18(17)4-7-31(13)20-9-15(23)8-19(29-20)30-11-16(12-30)27-14(2)32/h3,5-6,8-10,13,16H,4,7,11-12H2,1-2H3,(H,27,32). The number of rotatable bonds is 4. The molecule has 1 N–H and O–H groups in total. The minimum atomic E-state index is -0.334. The molecule has 0 saturated carbocycles. The minimum absolute atomic E-state index is 0.0600. The van der Waals surface area contributed by atoms with Crippen LogP contribution in [-0.4, -0.2) is 56.5 Å². The zero-order chi connectivity index (χ0) is 22.2. The Balaban J connectivity index is 1.37. The molecule has 1 saturated heterocycles. The molecule has 2 aliphatic rings. The van der Waals surface area contributed by atoms with Crippen molar-refractivity contribution < 1.29 is 9.18 Å². The van der Waals surface area contributed by atoms with E-state index in [0.717, 1.165) is 11.3 Å². The van der Waals surface area contributed by atoms with E-state index in [1.165, 1.54) is 19.1 Å². The van der Waals surface area contributed by atoms with Crippen LogP contribution in [0.5, 0.6) is 0 Å². The normalized spacial score (nSPS) is 18.2. The Morgan fingerprint density at radius 3 is 2.59 bits per heavy atom. The van der Waals surface area contributed by atoms with Crippen LogP contribution < -0.4 is 15.1 Å². The van der Waals surface area contributed by atoms with Gasteiger partial charge >= 0.3 is 0 Å². The monoisotopic (exact) mass is 434 g/mol. The summed E-state index contributed by atoms with van der Waals surface area (Å²) in [6.07, 6.45) is 5.82. The third-order valence-corrected chi connectivity index (χ3v) is 5.84. The van der Waals surface area contributed by atoms with E-state index in [0.29, 0.717) is 49.3 Å². The van der Waals surface area contributed by atoms with Crippen molar-refractivity contribution in [3.63, 3.8) is 0 Å². The van der Waals surface area contributed by atoms with Gasteiger partial charge in [-0.25, -0.2) is 29.3 Å². The summed E-state index contributed by atoms with van der Waals surface area (Å²) < 4.78 is 14.5. The number of anilines is 2. The summed E-state index contributed by atoms with van der Waals surface area (Å²) in [6, 6.07) is 4.66. The molecule has 0 spiro atoms. The molecule has 5 heterocycles. The Morgan fingerprint density at radius 2 is 1.84 bits per heavy atom. The second-order valence-electron chi connectivity index (χ2n) is 8.09. The first-order valence-corrected chi connectivity index (χ1v) is 10.6. The highest BCUT2D eigenvalue weighted by Gasteiger charge is 2.31. The molecule has 0 aliphatic carbocycles. The van der Waals surface area contributed by atoms with Crippen molar-refractivity contribution in [1.82, 2.24) is 30.2 Å². The average molecular weight is 434 g/mol. The van der Waals surface area contributed by atoms with Gasteiger partial charge in [-0.15, -0.1) is 0 Å². The van der Waals surface area contributed by atoms with Crippen LogP contribution in [0.15, 0.2) is 36.8 Å². The summed E-state index contributed by atoms with van der Waals surface area (Å²) in [5.41, 5.74) is 1.93. The van der Waals surface area contributed by atoms with Gasteiger partial charge in [0.2, 0.25) is 5.91 Å². The van der Waals surface area contributed by atoms with Crippen molar-refractivity contribution in [2.45, 2.75) is 32.4 Å². The van der Waals surface area contributed by atoms with Gasteiger partial charge in [0, 0.05) is 69.3 Å². The lowest BCUT2D eigenvalue weighted by Gasteiger charge is -2.41. The number of aromatic nitrogens is 5. The van der Waals surface area contributed by atoms with Crippen LogP contribution in [0.4, 0.5) is 16.0 Å². The third-order valence-electron chi connectivity index (χ3n) is 5.84. The molecule has 32 heavy (non-hydrogen) atoms. The van der Waals surface area contributed by atoms with Gasteiger partial charge in [-0.05, 0) is 13.0 Å². The summed E-state index contributed by atoms with van der Waals surface area (Å²) >= 11 is 0. The molecular weight excluding hydrogens is 411 g/mol. The fourth-order valence-corrected chi connectivity index (χ4v) is 4.22. The lowest BCUT2D eigenvalue weighted by molar-refractivity contribution is -0.119. The SMILES string of the molecule is CC(=O)NC1CN(c2cc(F)cc(N3CCc4nc(-c5ncccn5)ncc4C3C)n2)C1. The molecule has 1 fully saturated rings. The van der Waals surface area contributed by atoms with Crippen LogP contribution >= 0.6 is 0 Å². The molecule has 164 valence electrons. The first kappa shape index (κ1) is 20.2. The second kappa shape index (κ2) is 8.10. The van der Waals surface area contributed by atoms with Crippen molar-refractivity contribution in [2.75, 3.05) is 29.4 Å². The molecule has 2 aliphatic heterocycles. The van der Waals surface area contributed by atoms with Gasteiger partial charge in [0.25, 0.3) is 0 Å². The van der Waals surface area contributed by atoms with E-state index in [4.69, 9.17) is 4.98 Å². The molecule has 0 aromatic carbocycles. The summed E-state index contributed by atoms with van der Waals surface area (Å²) in [7, 11) is 0. The molecule has 10 heteroatoms. The lowest BCUT2D eigenvalue weighted by atomic mass is 9.99. The van der Waals surface area contributed by atoms with E-state index < -0.39 is 0 Å². The summed E-state index contributed by atoms with van der Waals surface area (Å²) in [4.78, 5) is 37.6. The number of carbonyl (C=O) groups is 1. The summed E-state index contributed by atoms with van der Waals surface area (Å²) in [5.74, 6) is 1.76. The third kappa shape index (κ3) is 3.83. The zero-order valence-corrected chi connectivity index (χ0v) is 17.9. The number of nitrogens with one attached hydrogen (secondary N) is 1. The molecule has 3 aromatic heterocycles. The number of carbonyl (C=O) groups excluding carboxylic acids is 1. The van der Waals surface area contributed by atoms with Gasteiger partial charge in [-0.2, -0.15) is 0 Å². The molecule has 1 atom stereocenters. The van der Waals surface area contributed by atoms with Crippen LogP contribution in [0.25, 0.3) is 11.6 Å². The smallest absolute Gasteiger partial charge is 0.217 e. The number of amides is 1. The first-order valence-electron chi connectivity index (χ1n) is 10.6. The number of nitrogens with zero attached hydrogens (tertiary/aromatic N) is 7. The molecular formula is C22H23FN8O.